The van der Waals surface area contributed by atoms with Crippen LogP contribution in [-0.2, 0) is 18.6 Å². The second kappa shape index (κ2) is 7.57. The second-order valence-electron chi connectivity index (χ2n) is 7.17. The van der Waals surface area contributed by atoms with E-state index in [1.807, 2.05) is 18.2 Å². The fourth-order valence-electron chi connectivity index (χ4n) is 3.84. The van der Waals surface area contributed by atoms with Crippen molar-refractivity contribution in [3.05, 3.63) is 81.0 Å². The fraction of sp³-hybridized carbons (Fsp3) is 0.217. The molecular weight excluding hydrogens is 384 g/mol. The van der Waals surface area contributed by atoms with Crippen molar-refractivity contribution >= 4 is 33.3 Å². The molecule has 3 nitrogen and oxygen atoms in total. The first-order chi connectivity index (χ1) is 13.8. The standard InChI is InChI=1S/C23H20N2OS2/c26-21-20-19(18-11-10-16-8-4-5-9-17(16)12-18)14-27-22(20)25-23(24-21)28-13-15-6-2-1-3-7-15/h1-3,6-7,10-12,14H,4-5,8-9,13H2,(H,24,25,26). The van der Waals surface area contributed by atoms with Crippen LogP contribution in [0, 0.1) is 0 Å². The minimum absolute atomic E-state index is 0.0467. The molecule has 2 aromatic heterocycles. The number of fused-ring (bicyclic) bond motifs is 2. The number of aromatic amines is 1. The van der Waals surface area contributed by atoms with Crippen molar-refractivity contribution in [1.82, 2.24) is 9.97 Å². The van der Waals surface area contributed by atoms with E-state index < -0.39 is 0 Å². The highest BCUT2D eigenvalue weighted by Gasteiger charge is 2.16. The molecule has 0 atom stereocenters. The molecule has 5 heteroatoms. The van der Waals surface area contributed by atoms with Gasteiger partial charge in [0.2, 0.25) is 0 Å². The summed E-state index contributed by atoms with van der Waals surface area (Å²) in [5.74, 6) is 0.790. The molecule has 2 aromatic carbocycles. The van der Waals surface area contributed by atoms with E-state index in [0.717, 1.165) is 28.1 Å². The number of nitrogens with zero attached hydrogens (tertiary/aromatic N) is 1. The first-order valence-corrected chi connectivity index (χ1v) is 11.4. The maximum absolute atomic E-state index is 12.9. The molecule has 0 fully saturated rings. The predicted octanol–water partition coefficient (Wildman–Crippen LogP) is 5.82. The van der Waals surface area contributed by atoms with Crippen LogP contribution in [0.1, 0.15) is 29.5 Å². The van der Waals surface area contributed by atoms with Crippen LogP contribution in [0.3, 0.4) is 0 Å². The summed E-state index contributed by atoms with van der Waals surface area (Å²) in [6.45, 7) is 0. The Bertz CT molecular complexity index is 1190. The zero-order valence-electron chi connectivity index (χ0n) is 15.4. The molecule has 0 bridgehead atoms. The van der Waals surface area contributed by atoms with Crippen molar-refractivity contribution in [2.24, 2.45) is 0 Å². The van der Waals surface area contributed by atoms with Crippen LogP contribution in [-0.4, -0.2) is 9.97 Å². The van der Waals surface area contributed by atoms with E-state index in [0.29, 0.717) is 10.5 Å². The lowest BCUT2D eigenvalue weighted by atomic mass is 9.89. The Kier molecular flexibility index (Phi) is 4.79. The quantitative estimate of drug-likeness (QED) is 0.344. The topological polar surface area (TPSA) is 45.8 Å². The summed E-state index contributed by atoms with van der Waals surface area (Å²) in [4.78, 5) is 21.4. The van der Waals surface area contributed by atoms with Gasteiger partial charge in [-0.1, -0.05) is 60.3 Å². The molecule has 0 aliphatic heterocycles. The molecule has 0 spiro atoms. The molecular formula is C23H20N2OS2. The molecule has 0 saturated carbocycles. The maximum atomic E-state index is 12.9. The Balaban J connectivity index is 1.48. The molecule has 0 saturated heterocycles. The highest BCUT2D eigenvalue weighted by molar-refractivity contribution is 7.98. The maximum Gasteiger partial charge on any atom is 0.260 e. The molecule has 5 rings (SSSR count). The highest BCUT2D eigenvalue weighted by Crippen LogP contribution is 2.34. The number of nitrogens with one attached hydrogen (secondary N) is 1. The minimum Gasteiger partial charge on any atom is -0.301 e. The largest absolute Gasteiger partial charge is 0.301 e. The number of thioether (sulfide) groups is 1. The molecule has 1 N–H and O–H groups in total. The third kappa shape index (κ3) is 3.40. The monoisotopic (exact) mass is 404 g/mol. The first-order valence-electron chi connectivity index (χ1n) is 9.58. The van der Waals surface area contributed by atoms with Gasteiger partial charge in [-0.25, -0.2) is 4.98 Å². The van der Waals surface area contributed by atoms with Gasteiger partial charge in [-0.15, -0.1) is 11.3 Å². The number of aromatic nitrogens is 2. The van der Waals surface area contributed by atoms with Gasteiger partial charge in [0.15, 0.2) is 5.16 Å². The number of hydrogen-bond acceptors (Lipinski definition) is 4. The molecule has 0 amide bonds. The number of benzene rings is 2. The van der Waals surface area contributed by atoms with Crippen molar-refractivity contribution in [2.75, 3.05) is 0 Å². The third-order valence-corrected chi connectivity index (χ3v) is 7.12. The number of thiophene rings is 1. The predicted molar refractivity (Wildman–Crippen MR) is 118 cm³/mol. The van der Waals surface area contributed by atoms with Crippen molar-refractivity contribution in [3.8, 4) is 11.1 Å². The SMILES string of the molecule is O=c1[nH]c(SCc2ccccc2)nc2scc(-c3ccc4c(c3)CCCC4)c12. The van der Waals surface area contributed by atoms with Gasteiger partial charge < -0.3 is 4.98 Å². The Morgan fingerprint density at radius 3 is 2.71 bits per heavy atom. The van der Waals surface area contributed by atoms with Crippen LogP contribution >= 0.6 is 23.1 Å². The Hall–Kier alpha value is -2.37. The second-order valence-corrected chi connectivity index (χ2v) is 8.99. The zero-order valence-corrected chi connectivity index (χ0v) is 17.0. The molecule has 0 radical (unpaired) electrons. The van der Waals surface area contributed by atoms with Crippen molar-refractivity contribution in [2.45, 2.75) is 36.6 Å². The van der Waals surface area contributed by atoms with Crippen LogP contribution in [0.25, 0.3) is 21.3 Å². The van der Waals surface area contributed by atoms with Gasteiger partial charge in [-0.05, 0) is 47.9 Å². The van der Waals surface area contributed by atoms with E-state index in [1.165, 1.54) is 36.0 Å². The van der Waals surface area contributed by atoms with Crippen LogP contribution in [0.4, 0.5) is 0 Å². The summed E-state index contributed by atoms with van der Waals surface area (Å²) in [7, 11) is 0. The van der Waals surface area contributed by atoms with Gasteiger partial charge in [0, 0.05) is 16.7 Å². The molecule has 2 heterocycles. The smallest absolute Gasteiger partial charge is 0.260 e. The van der Waals surface area contributed by atoms with Crippen molar-refractivity contribution < 1.29 is 0 Å². The molecule has 28 heavy (non-hydrogen) atoms. The van der Waals surface area contributed by atoms with E-state index in [-0.39, 0.29) is 5.56 Å². The van der Waals surface area contributed by atoms with Gasteiger partial charge in [-0.3, -0.25) is 4.79 Å². The Morgan fingerprint density at radius 1 is 1.04 bits per heavy atom. The van der Waals surface area contributed by atoms with Gasteiger partial charge in [0.25, 0.3) is 5.56 Å². The number of rotatable bonds is 4. The number of H-pyrrole nitrogens is 1. The number of hydrogen-bond donors (Lipinski definition) is 1. The van der Waals surface area contributed by atoms with E-state index in [4.69, 9.17) is 4.98 Å². The minimum atomic E-state index is -0.0467. The summed E-state index contributed by atoms with van der Waals surface area (Å²) in [5, 5.41) is 3.47. The van der Waals surface area contributed by atoms with E-state index in [2.05, 4.69) is 40.7 Å². The van der Waals surface area contributed by atoms with Gasteiger partial charge in [0.05, 0.1) is 5.39 Å². The summed E-state index contributed by atoms with van der Waals surface area (Å²) in [6, 6.07) is 16.9. The van der Waals surface area contributed by atoms with E-state index in [1.54, 1.807) is 23.1 Å². The molecule has 0 unspecified atom stereocenters. The Labute approximate surface area is 171 Å². The van der Waals surface area contributed by atoms with Gasteiger partial charge in [-0.2, -0.15) is 0 Å². The summed E-state index contributed by atoms with van der Waals surface area (Å²) < 4.78 is 0. The van der Waals surface area contributed by atoms with Crippen LogP contribution in [0.15, 0.2) is 63.9 Å². The average Bonchev–Trinajstić information content (AvgIpc) is 3.17. The van der Waals surface area contributed by atoms with E-state index in [9.17, 15) is 4.79 Å². The molecule has 1 aliphatic rings. The van der Waals surface area contributed by atoms with E-state index >= 15 is 0 Å². The highest BCUT2D eigenvalue weighted by atomic mass is 32.2. The van der Waals surface area contributed by atoms with Crippen LogP contribution < -0.4 is 5.56 Å². The molecule has 1 aliphatic carbocycles. The number of aryl methyl sites for hydroxylation is 2. The molecule has 4 aromatic rings. The lowest BCUT2D eigenvalue weighted by Gasteiger charge is -2.16. The normalized spacial score (nSPS) is 13.6. The van der Waals surface area contributed by atoms with Gasteiger partial charge in [0.1, 0.15) is 4.83 Å². The lowest BCUT2D eigenvalue weighted by molar-refractivity contribution is 0.686. The average molecular weight is 405 g/mol. The molecule has 140 valence electrons. The Morgan fingerprint density at radius 2 is 1.86 bits per heavy atom. The van der Waals surface area contributed by atoms with Gasteiger partial charge >= 0.3 is 0 Å². The van der Waals surface area contributed by atoms with Crippen molar-refractivity contribution in [1.29, 1.82) is 0 Å². The van der Waals surface area contributed by atoms with Crippen LogP contribution in [0.2, 0.25) is 0 Å². The third-order valence-electron chi connectivity index (χ3n) is 5.30. The van der Waals surface area contributed by atoms with Crippen molar-refractivity contribution in [3.63, 3.8) is 0 Å². The zero-order chi connectivity index (χ0) is 18.9. The summed E-state index contributed by atoms with van der Waals surface area (Å²) in [6.07, 6.45) is 4.84. The van der Waals surface area contributed by atoms with Crippen LogP contribution in [0.5, 0.6) is 0 Å². The summed E-state index contributed by atoms with van der Waals surface area (Å²) in [5.41, 5.74) is 6.19. The first kappa shape index (κ1) is 17.7. The fourth-order valence-corrected chi connectivity index (χ4v) is 5.66. The lowest BCUT2D eigenvalue weighted by Crippen LogP contribution is -2.09. The summed E-state index contributed by atoms with van der Waals surface area (Å²) >= 11 is 3.12.